The molecular weight excluding hydrogens is 290 g/mol. The zero-order valence-electron chi connectivity index (χ0n) is 14.9. The first-order valence-corrected chi connectivity index (χ1v) is 9.31. The van der Waals surface area contributed by atoms with Gasteiger partial charge < -0.3 is 10.2 Å². The smallest absolute Gasteiger partial charge is 0.234 e. The van der Waals surface area contributed by atoms with Gasteiger partial charge in [-0.05, 0) is 37.5 Å². The Hall–Kier alpha value is -1.10. The van der Waals surface area contributed by atoms with Crippen LogP contribution in [0.4, 0.5) is 0 Å². The molecule has 2 aliphatic heterocycles. The summed E-state index contributed by atoms with van der Waals surface area (Å²) in [6, 6.07) is 0. The van der Waals surface area contributed by atoms with Gasteiger partial charge in [0.2, 0.25) is 11.8 Å². The van der Waals surface area contributed by atoms with Crippen molar-refractivity contribution in [3.63, 3.8) is 0 Å². The van der Waals surface area contributed by atoms with Gasteiger partial charge in [-0.1, -0.05) is 20.3 Å². The number of hydrogen-bond acceptors (Lipinski definition) is 3. The second-order valence-electron chi connectivity index (χ2n) is 7.54. The minimum Gasteiger partial charge on any atom is -0.355 e. The number of hydrogen-bond donors (Lipinski definition) is 1. The Morgan fingerprint density at radius 3 is 2.65 bits per heavy atom. The van der Waals surface area contributed by atoms with Crippen LogP contribution in [0.15, 0.2) is 0 Å². The molecule has 0 radical (unpaired) electrons. The largest absolute Gasteiger partial charge is 0.355 e. The van der Waals surface area contributed by atoms with E-state index in [0.717, 1.165) is 51.9 Å². The summed E-state index contributed by atoms with van der Waals surface area (Å²) in [6.07, 6.45) is 6.11. The van der Waals surface area contributed by atoms with Crippen molar-refractivity contribution in [2.75, 3.05) is 39.3 Å². The number of carbonyl (C=O) groups is 2. The molecule has 2 fully saturated rings. The van der Waals surface area contributed by atoms with Gasteiger partial charge in [-0.2, -0.15) is 0 Å². The van der Waals surface area contributed by atoms with Gasteiger partial charge in [-0.15, -0.1) is 0 Å². The summed E-state index contributed by atoms with van der Waals surface area (Å²) in [5, 5.41) is 3.01. The number of piperidine rings is 1. The summed E-state index contributed by atoms with van der Waals surface area (Å²) in [6.45, 7) is 9.42. The fraction of sp³-hybridized carbons (Fsp3) is 0.889. The number of amides is 2. The lowest BCUT2D eigenvalue weighted by atomic mass is 9.92. The Balaban J connectivity index is 1.60. The van der Waals surface area contributed by atoms with Crippen LogP contribution in [0.25, 0.3) is 0 Å². The van der Waals surface area contributed by atoms with E-state index in [1.165, 1.54) is 6.42 Å². The quantitative estimate of drug-likeness (QED) is 0.759. The van der Waals surface area contributed by atoms with Crippen molar-refractivity contribution in [1.29, 1.82) is 0 Å². The third-order valence-electron chi connectivity index (χ3n) is 4.91. The van der Waals surface area contributed by atoms with E-state index in [1.807, 2.05) is 4.90 Å². The van der Waals surface area contributed by atoms with Gasteiger partial charge in [-0.3, -0.25) is 14.5 Å². The number of nitrogens with zero attached hydrogens (tertiary/aromatic N) is 2. The average Bonchev–Trinajstić information content (AvgIpc) is 2.67. The first kappa shape index (κ1) is 18.2. The van der Waals surface area contributed by atoms with E-state index in [2.05, 4.69) is 24.1 Å². The summed E-state index contributed by atoms with van der Waals surface area (Å²) < 4.78 is 0. The molecule has 1 N–H and O–H groups in total. The third kappa shape index (κ3) is 6.50. The van der Waals surface area contributed by atoms with E-state index in [-0.39, 0.29) is 11.8 Å². The molecule has 0 spiro atoms. The summed E-state index contributed by atoms with van der Waals surface area (Å²) >= 11 is 0. The second-order valence-corrected chi connectivity index (χ2v) is 7.54. The van der Waals surface area contributed by atoms with Gasteiger partial charge in [0.15, 0.2) is 0 Å². The van der Waals surface area contributed by atoms with Crippen LogP contribution in [-0.4, -0.2) is 60.9 Å². The molecule has 5 heteroatoms. The van der Waals surface area contributed by atoms with Crippen LogP contribution in [0.5, 0.6) is 0 Å². The normalized spacial score (nSPS) is 26.9. The first-order chi connectivity index (χ1) is 11.0. The molecule has 2 aliphatic rings. The van der Waals surface area contributed by atoms with E-state index in [1.54, 1.807) is 0 Å². The fourth-order valence-electron chi connectivity index (χ4n) is 3.95. The summed E-state index contributed by atoms with van der Waals surface area (Å²) in [5.74, 6) is 1.76. The van der Waals surface area contributed by atoms with Crippen molar-refractivity contribution in [1.82, 2.24) is 15.1 Å². The molecule has 0 aromatic heterocycles. The van der Waals surface area contributed by atoms with E-state index in [9.17, 15) is 9.59 Å². The minimum atomic E-state index is 0.119. The highest BCUT2D eigenvalue weighted by atomic mass is 16.2. The molecule has 0 aromatic carbocycles. The zero-order valence-corrected chi connectivity index (χ0v) is 14.9. The molecule has 0 saturated carbocycles. The lowest BCUT2D eigenvalue weighted by molar-refractivity contribution is -0.130. The van der Waals surface area contributed by atoms with Crippen LogP contribution in [0, 0.1) is 11.8 Å². The van der Waals surface area contributed by atoms with Crippen LogP contribution in [0.3, 0.4) is 0 Å². The monoisotopic (exact) mass is 323 g/mol. The van der Waals surface area contributed by atoms with Crippen LogP contribution in [-0.2, 0) is 9.59 Å². The number of nitrogens with one attached hydrogen (secondary N) is 1. The Kier molecular flexibility index (Phi) is 7.34. The number of likely N-dealkylation sites (tertiary alicyclic amines) is 2. The molecule has 2 rings (SSSR count). The molecule has 0 bridgehead atoms. The molecule has 2 amide bonds. The topological polar surface area (TPSA) is 52.7 Å². The van der Waals surface area contributed by atoms with Crippen molar-refractivity contribution < 1.29 is 9.59 Å². The van der Waals surface area contributed by atoms with Crippen LogP contribution >= 0.6 is 0 Å². The highest BCUT2D eigenvalue weighted by Gasteiger charge is 2.23. The van der Waals surface area contributed by atoms with Crippen molar-refractivity contribution >= 4 is 11.8 Å². The van der Waals surface area contributed by atoms with E-state index < -0.39 is 0 Å². The molecule has 2 atom stereocenters. The molecule has 132 valence electrons. The lowest BCUT2D eigenvalue weighted by Gasteiger charge is -2.34. The average molecular weight is 323 g/mol. The zero-order chi connectivity index (χ0) is 16.7. The highest BCUT2D eigenvalue weighted by molar-refractivity contribution is 5.78. The Labute approximate surface area is 140 Å². The predicted octanol–water partition coefficient (Wildman–Crippen LogP) is 1.87. The highest BCUT2D eigenvalue weighted by Crippen LogP contribution is 2.20. The van der Waals surface area contributed by atoms with Crippen molar-refractivity contribution in [2.24, 2.45) is 11.8 Å². The Morgan fingerprint density at radius 1 is 1.17 bits per heavy atom. The van der Waals surface area contributed by atoms with Crippen LogP contribution in [0.1, 0.15) is 52.4 Å². The van der Waals surface area contributed by atoms with Crippen molar-refractivity contribution in [3.05, 3.63) is 0 Å². The lowest BCUT2D eigenvalue weighted by Crippen LogP contribution is -2.45. The molecule has 23 heavy (non-hydrogen) atoms. The summed E-state index contributed by atoms with van der Waals surface area (Å²) in [7, 11) is 0. The minimum absolute atomic E-state index is 0.119. The van der Waals surface area contributed by atoms with E-state index in [0.29, 0.717) is 31.3 Å². The molecule has 5 nitrogen and oxygen atoms in total. The molecular formula is C18H33N3O2. The summed E-state index contributed by atoms with van der Waals surface area (Å²) in [5.41, 5.74) is 0. The molecule has 2 saturated heterocycles. The number of carbonyl (C=O) groups excluding carboxylic acids is 2. The Morgan fingerprint density at radius 2 is 1.91 bits per heavy atom. The third-order valence-corrected chi connectivity index (χ3v) is 4.91. The van der Waals surface area contributed by atoms with Gasteiger partial charge in [0.25, 0.3) is 0 Å². The van der Waals surface area contributed by atoms with Crippen molar-refractivity contribution in [2.45, 2.75) is 52.4 Å². The van der Waals surface area contributed by atoms with Gasteiger partial charge in [0.1, 0.15) is 0 Å². The van der Waals surface area contributed by atoms with Crippen LogP contribution < -0.4 is 5.32 Å². The van der Waals surface area contributed by atoms with E-state index in [4.69, 9.17) is 0 Å². The van der Waals surface area contributed by atoms with Crippen LogP contribution in [0.2, 0.25) is 0 Å². The van der Waals surface area contributed by atoms with E-state index >= 15 is 0 Å². The fourth-order valence-corrected chi connectivity index (χ4v) is 3.95. The number of rotatable bonds is 6. The maximum absolute atomic E-state index is 12.1. The first-order valence-electron chi connectivity index (χ1n) is 9.31. The van der Waals surface area contributed by atoms with Crippen molar-refractivity contribution in [3.8, 4) is 0 Å². The summed E-state index contributed by atoms with van der Waals surface area (Å²) in [4.78, 5) is 28.2. The maximum Gasteiger partial charge on any atom is 0.234 e. The SMILES string of the molecule is C[C@@H]1C[C@@H](C)CN(CC(=O)NCCCN2CCCCCC2=O)C1. The van der Waals surface area contributed by atoms with Gasteiger partial charge in [0, 0.05) is 39.1 Å². The molecule has 0 unspecified atom stereocenters. The maximum atomic E-state index is 12.1. The predicted molar refractivity (Wildman–Crippen MR) is 92.1 cm³/mol. The molecule has 0 aromatic rings. The van der Waals surface area contributed by atoms with Gasteiger partial charge in [0.05, 0.1) is 6.54 Å². The standard InChI is InChI=1S/C18H33N3O2/c1-15-11-16(2)13-20(12-15)14-17(22)19-8-6-10-21-9-5-3-4-7-18(21)23/h15-16H,3-14H2,1-2H3,(H,19,22)/t15-,16-/m1/s1. The Bertz CT molecular complexity index is 390. The van der Waals surface area contributed by atoms with Gasteiger partial charge in [-0.25, -0.2) is 0 Å². The molecule has 2 heterocycles. The second kappa shape index (κ2) is 9.26. The van der Waals surface area contributed by atoms with Gasteiger partial charge >= 0.3 is 0 Å². The molecule has 0 aliphatic carbocycles.